The van der Waals surface area contributed by atoms with Crippen LogP contribution in [0.3, 0.4) is 0 Å². The predicted molar refractivity (Wildman–Crippen MR) is 228 cm³/mol. The number of rotatable bonds is 7. The molecule has 55 heavy (non-hydrogen) atoms. The van der Waals surface area contributed by atoms with Gasteiger partial charge in [-0.1, -0.05) is 163 Å². The molecule has 0 bridgehead atoms. The minimum absolute atomic E-state index is 0.801. The van der Waals surface area contributed by atoms with Crippen LogP contribution in [0.1, 0.15) is 5.56 Å². The van der Waals surface area contributed by atoms with Crippen molar-refractivity contribution in [3.05, 3.63) is 206 Å². The van der Waals surface area contributed by atoms with E-state index < -0.39 is 0 Å². The zero-order valence-corrected chi connectivity index (χ0v) is 30.3. The van der Waals surface area contributed by atoms with Gasteiger partial charge in [-0.25, -0.2) is 0 Å². The standard InChI is InChI=1S/C51H36N4/c1-35-24-33-49-47(34-35)46-22-12-13-23-48(46)54(49)41-31-29-37(30-32-41)43-19-9-11-21-45(43)44-20-10-8-18-42(44)36-25-27-39(28-26-36)51-53-52-50(38-14-4-2-5-15-38)55(51)40-16-6-3-7-17-40/h2-34H,1H3. The summed E-state index contributed by atoms with van der Waals surface area (Å²) < 4.78 is 4.52. The zero-order chi connectivity index (χ0) is 36.7. The van der Waals surface area contributed by atoms with Gasteiger partial charge in [0.1, 0.15) is 0 Å². The summed E-state index contributed by atoms with van der Waals surface area (Å²) in [7, 11) is 0. The van der Waals surface area contributed by atoms with Crippen LogP contribution in [0.2, 0.25) is 0 Å². The molecular formula is C51H36N4. The Kier molecular flexibility index (Phi) is 8.00. The minimum Gasteiger partial charge on any atom is -0.309 e. The second-order valence-corrected chi connectivity index (χ2v) is 14.0. The van der Waals surface area contributed by atoms with Crippen LogP contribution in [0.25, 0.3) is 89.3 Å². The maximum atomic E-state index is 4.72. The van der Waals surface area contributed by atoms with Gasteiger partial charge in [0, 0.05) is 33.3 Å². The lowest BCUT2D eigenvalue weighted by Crippen LogP contribution is -2.00. The first-order valence-corrected chi connectivity index (χ1v) is 18.7. The van der Waals surface area contributed by atoms with Gasteiger partial charge >= 0.3 is 0 Å². The molecule has 10 aromatic rings. The van der Waals surface area contributed by atoms with Gasteiger partial charge in [0.2, 0.25) is 0 Å². The Balaban J connectivity index is 1.02. The van der Waals surface area contributed by atoms with Crippen molar-refractivity contribution in [2.45, 2.75) is 6.92 Å². The number of aromatic nitrogens is 4. The highest BCUT2D eigenvalue weighted by Crippen LogP contribution is 2.40. The number of aryl methyl sites for hydroxylation is 1. The molecule has 2 aromatic heterocycles. The predicted octanol–water partition coefficient (Wildman–Crippen LogP) is 13.0. The van der Waals surface area contributed by atoms with Crippen LogP contribution in [0.15, 0.2) is 200 Å². The molecule has 0 aliphatic carbocycles. The second kappa shape index (κ2) is 13.6. The highest BCUT2D eigenvalue weighted by atomic mass is 15.3. The summed E-state index contributed by atoms with van der Waals surface area (Å²) in [5.74, 6) is 1.61. The van der Waals surface area contributed by atoms with Gasteiger partial charge < -0.3 is 4.57 Å². The first kappa shape index (κ1) is 32.4. The van der Waals surface area contributed by atoms with E-state index in [4.69, 9.17) is 5.10 Å². The Morgan fingerprint density at radius 2 is 0.782 bits per heavy atom. The fourth-order valence-corrected chi connectivity index (χ4v) is 7.96. The van der Waals surface area contributed by atoms with Gasteiger partial charge in [0.05, 0.1) is 11.0 Å². The quantitative estimate of drug-likeness (QED) is 0.166. The van der Waals surface area contributed by atoms with Gasteiger partial charge in [0.15, 0.2) is 11.6 Å². The molecule has 8 aromatic carbocycles. The summed E-state index contributed by atoms with van der Waals surface area (Å²) in [6, 6.07) is 71.1. The average molecular weight is 705 g/mol. The van der Waals surface area contributed by atoms with E-state index >= 15 is 0 Å². The first-order valence-electron chi connectivity index (χ1n) is 18.7. The van der Waals surface area contributed by atoms with Crippen LogP contribution >= 0.6 is 0 Å². The molecule has 0 saturated heterocycles. The first-order chi connectivity index (χ1) is 27.2. The maximum Gasteiger partial charge on any atom is 0.168 e. The summed E-state index contributed by atoms with van der Waals surface area (Å²) in [5.41, 5.74) is 15.0. The van der Waals surface area contributed by atoms with Crippen molar-refractivity contribution >= 4 is 21.8 Å². The van der Waals surface area contributed by atoms with Gasteiger partial charge in [-0.15, -0.1) is 10.2 Å². The molecule has 0 fully saturated rings. The molecule has 2 heterocycles. The smallest absolute Gasteiger partial charge is 0.168 e. The van der Waals surface area contributed by atoms with Gasteiger partial charge in [0.25, 0.3) is 0 Å². The molecule has 0 atom stereocenters. The van der Waals surface area contributed by atoms with Gasteiger partial charge in [-0.05, 0) is 82.8 Å². The summed E-state index contributed by atoms with van der Waals surface area (Å²) in [5, 5.41) is 11.9. The van der Waals surface area contributed by atoms with Gasteiger partial charge in [-0.3, -0.25) is 4.57 Å². The van der Waals surface area contributed by atoms with Crippen molar-refractivity contribution in [1.82, 2.24) is 19.3 Å². The Bertz CT molecular complexity index is 2960. The van der Waals surface area contributed by atoms with Crippen LogP contribution in [-0.4, -0.2) is 19.3 Å². The number of nitrogens with zero attached hydrogens (tertiary/aromatic N) is 4. The highest BCUT2D eigenvalue weighted by Gasteiger charge is 2.19. The average Bonchev–Trinajstić information content (AvgIpc) is 3.84. The van der Waals surface area contributed by atoms with Crippen molar-refractivity contribution in [2.75, 3.05) is 0 Å². The Morgan fingerprint density at radius 3 is 1.42 bits per heavy atom. The molecule has 260 valence electrons. The third-order valence-corrected chi connectivity index (χ3v) is 10.6. The molecule has 0 aliphatic heterocycles. The third-order valence-electron chi connectivity index (χ3n) is 10.6. The normalized spacial score (nSPS) is 11.4. The lowest BCUT2D eigenvalue weighted by atomic mass is 9.89. The van der Waals surface area contributed by atoms with E-state index in [1.165, 1.54) is 55.2 Å². The third kappa shape index (κ3) is 5.72. The maximum absolute atomic E-state index is 4.72. The van der Waals surface area contributed by atoms with Crippen molar-refractivity contribution in [3.8, 4) is 67.5 Å². The van der Waals surface area contributed by atoms with Gasteiger partial charge in [-0.2, -0.15) is 0 Å². The van der Waals surface area contributed by atoms with E-state index in [1.807, 2.05) is 36.4 Å². The molecule has 0 N–H and O–H groups in total. The summed E-state index contributed by atoms with van der Waals surface area (Å²) in [4.78, 5) is 0. The van der Waals surface area contributed by atoms with E-state index in [1.54, 1.807) is 0 Å². The minimum atomic E-state index is 0.801. The second-order valence-electron chi connectivity index (χ2n) is 14.0. The molecule has 0 radical (unpaired) electrons. The Morgan fingerprint density at radius 1 is 0.327 bits per heavy atom. The van der Waals surface area contributed by atoms with E-state index in [0.29, 0.717) is 0 Å². The van der Waals surface area contributed by atoms with Crippen molar-refractivity contribution < 1.29 is 0 Å². The molecule has 0 aliphatic rings. The monoisotopic (exact) mass is 704 g/mol. The van der Waals surface area contributed by atoms with Crippen LogP contribution < -0.4 is 0 Å². The Hall–Kier alpha value is -7.30. The number of hydrogen-bond donors (Lipinski definition) is 0. The largest absolute Gasteiger partial charge is 0.309 e. The number of benzene rings is 8. The van der Waals surface area contributed by atoms with Crippen LogP contribution in [0, 0.1) is 6.92 Å². The molecule has 0 spiro atoms. The van der Waals surface area contributed by atoms with E-state index in [9.17, 15) is 0 Å². The molecule has 0 saturated carbocycles. The van der Waals surface area contributed by atoms with E-state index in [-0.39, 0.29) is 0 Å². The van der Waals surface area contributed by atoms with Crippen molar-refractivity contribution in [2.24, 2.45) is 0 Å². The number of hydrogen-bond acceptors (Lipinski definition) is 2. The number of para-hydroxylation sites is 2. The van der Waals surface area contributed by atoms with Crippen LogP contribution in [0.4, 0.5) is 0 Å². The Labute approximate surface area is 320 Å². The lowest BCUT2D eigenvalue weighted by molar-refractivity contribution is 1.07. The highest BCUT2D eigenvalue weighted by molar-refractivity contribution is 6.09. The van der Waals surface area contributed by atoms with Crippen LogP contribution in [0.5, 0.6) is 0 Å². The molecule has 0 unspecified atom stereocenters. The van der Waals surface area contributed by atoms with Crippen molar-refractivity contribution in [3.63, 3.8) is 0 Å². The SMILES string of the molecule is Cc1ccc2c(c1)c1ccccc1n2-c1ccc(-c2ccccc2-c2ccccc2-c2ccc(-c3nnc(-c4ccccc4)n3-c3ccccc3)cc2)cc1. The fourth-order valence-electron chi connectivity index (χ4n) is 7.96. The summed E-state index contributed by atoms with van der Waals surface area (Å²) >= 11 is 0. The fraction of sp³-hybridized carbons (Fsp3) is 0.0196. The zero-order valence-electron chi connectivity index (χ0n) is 30.3. The molecule has 0 amide bonds. The van der Waals surface area contributed by atoms with E-state index in [0.717, 1.165) is 39.7 Å². The van der Waals surface area contributed by atoms with Crippen molar-refractivity contribution in [1.29, 1.82) is 0 Å². The van der Waals surface area contributed by atoms with E-state index in [2.05, 4.69) is 185 Å². The topological polar surface area (TPSA) is 35.6 Å². The molecule has 10 rings (SSSR count). The molecular weight excluding hydrogens is 669 g/mol. The lowest BCUT2D eigenvalue weighted by Gasteiger charge is -2.16. The number of fused-ring (bicyclic) bond motifs is 3. The summed E-state index contributed by atoms with van der Waals surface area (Å²) in [6.07, 6.45) is 0. The molecule has 4 nitrogen and oxygen atoms in total. The van der Waals surface area contributed by atoms with Crippen LogP contribution in [-0.2, 0) is 0 Å². The summed E-state index contributed by atoms with van der Waals surface area (Å²) in [6.45, 7) is 2.16. The molecule has 4 heteroatoms.